The molecule has 6 heteroatoms. The van der Waals surface area contributed by atoms with Gasteiger partial charge in [0.2, 0.25) is 0 Å². The van der Waals surface area contributed by atoms with Crippen molar-refractivity contribution < 1.29 is 0 Å². The highest BCUT2D eigenvalue weighted by atomic mass is 35.5. The minimum absolute atomic E-state index is 0.592. The standard InChI is InChI=1S/C14H12Cl2N4/c1-9-6-14(20-13(19-9)4-5-18-20)17-8-10-2-3-11(15)7-12(10)16/h2-7,17H,8H2,1H3. The Labute approximate surface area is 126 Å². The number of anilines is 1. The van der Waals surface area contributed by atoms with Gasteiger partial charge in [-0.1, -0.05) is 29.3 Å². The van der Waals surface area contributed by atoms with Gasteiger partial charge in [-0.05, 0) is 24.6 Å². The van der Waals surface area contributed by atoms with Crippen LogP contribution in [0.15, 0.2) is 36.5 Å². The van der Waals surface area contributed by atoms with Gasteiger partial charge in [-0.15, -0.1) is 0 Å². The third kappa shape index (κ3) is 2.57. The first-order valence-corrected chi connectivity index (χ1v) is 6.88. The maximum Gasteiger partial charge on any atom is 0.157 e. The Hall–Kier alpha value is -1.78. The van der Waals surface area contributed by atoms with E-state index in [1.165, 1.54) is 0 Å². The van der Waals surface area contributed by atoms with Gasteiger partial charge in [0, 0.05) is 34.4 Å². The Balaban J connectivity index is 1.88. The van der Waals surface area contributed by atoms with Gasteiger partial charge in [-0.3, -0.25) is 0 Å². The largest absolute Gasteiger partial charge is 0.366 e. The van der Waals surface area contributed by atoms with Crippen LogP contribution >= 0.6 is 23.2 Å². The second-order valence-corrected chi connectivity index (χ2v) is 5.32. The Morgan fingerprint density at radius 2 is 2.05 bits per heavy atom. The van der Waals surface area contributed by atoms with E-state index in [0.717, 1.165) is 22.7 Å². The monoisotopic (exact) mass is 306 g/mol. The lowest BCUT2D eigenvalue weighted by molar-refractivity contribution is 0.917. The van der Waals surface area contributed by atoms with E-state index in [0.29, 0.717) is 16.6 Å². The molecule has 0 spiro atoms. The summed E-state index contributed by atoms with van der Waals surface area (Å²) in [6.45, 7) is 2.54. The molecule has 0 saturated carbocycles. The molecule has 0 amide bonds. The van der Waals surface area contributed by atoms with Crippen LogP contribution in [0, 0.1) is 6.92 Å². The molecule has 0 fully saturated rings. The second-order valence-electron chi connectivity index (χ2n) is 4.47. The number of aryl methyl sites for hydroxylation is 1. The van der Waals surface area contributed by atoms with Gasteiger partial charge in [0.25, 0.3) is 0 Å². The SMILES string of the molecule is Cc1cc(NCc2ccc(Cl)cc2Cl)n2nccc2n1. The molecule has 0 bridgehead atoms. The molecule has 0 aliphatic heterocycles. The van der Waals surface area contributed by atoms with Crippen molar-refractivity contribution in [2.24, 2.45) is 0 Å². The lowest BCUT2D eigenvalue weighted by Gasteiger charge is -2.10. The molecule has 3 aromatic rings. The number of hydrogen-bond donors (Lipinski definition) is 1. The maximum absolute atomic E-state index is 6.16. The second kappa shape index (κ2) is 5.31. The summed E-state index contributed by atoms with van der Waals surface area (Å²) in [7, 11) is 0. The van der Waals surface area contributed by atoms with Crippen LogP contribution in [0.25, 0.3) is 5.65 Å². The van der Waals surface area contributed by atoms with Gasteiger partial charge in [-0.25, -0.2) is 4.98 Å². The summed E-state index contributed by atoms with van der Waals surface area (Å²) in [6.07, 6.45) is 1.72. The molecular formula is C14H12Cl2N4. The molecule has 3 rings (SSSR count). The summed E-state index contributed by atoms with van der Waals surface area (Å²) in [5.74, 6) is 0.878. The molecule has 1 aromatic carbocycles. The van der Waals surface area contributed by atoms with Crippen LogP contribution in [0.2, 0.25) is 10.0 Å². The Morgan fingerprint density at radius 1 is 1.20 bits per heavy atom. The van der Waals surface area contributed by atoms with E-state index >= 15 is 0 Å². The van der Waals surface area contributed by atoms with E-state index in [-0.39, 0.29) is 0 Å². The molecule has 102 valence electrons. The number of aromatic nitrogens is 3. The van der Waals surface area contributed by atoms with E-state index in [1.54, 1.807) is 16.8 Å². The van der Waals surface area contributed by atoms with Crippen molar-refractivity contribution in [3.8, 4) is 0 Å². The molecule has 1 N–H and O–H groups in total. The van der Waals surface area contributed by atoms with Crippen molar-refractivity contribution in [2.75, 3.05) is 5.32 Å². The van der Waals surface area contributed by atoms with Crippen molar-refractivity contribution in [3.05, 3.63) is 57.8 Å². The highest BCUT2D eigenvalue weighted by Gasteiger charge is 2.06. The van der Waals surface area contributed by atoms with Crippen LogP contribution in [-0.2, 0) is 6.54 Å². The van der Waals surface area contributed by atoms with Crippen LogP contribution in [0.4, 0.5) is 5.82 Å². The number of fused-ring (bicyclic) bond motifs is 1. The van der Waals surface area contributed by atoms with Gasteiger partial charge < -0.3 is 5.32 Å². The quantitative estimate of drug-likeness (QED) is 0.796. The first kappa shape index (κ1) is 13.2. The summed E-state index contributed by atoms with van der Waals surface area (Å²) >= 11 is 12.1. The van der Waals surface area contributed by atoms with Crippen molar-refractivity contribution in [1.82, 2.24) is 14.6 Å². The highest BCUT2D eigenvalue weighted by molar-refractivity contribution is 6.35. The number of nitrogens with one attached hydrogen (secondary N) is 1. The van der Waals surface area contributed by atoms with Crippen molar-refractivity contribution in [1.29, 1.82) is 0 Å². The van der Waals surface area contributed by atoms with Crippen LogP contribution < -0.4 is 5.32 Å². The van der Waals surface area contributed by atoms with E-state index in [1.807, 2.05) is 31.2 Å². The lowest BCUT2D eigenvalue weighted by Crippen LogP contribution is -2.07. The molecule has 0 atom stereocenters. The first-order chi connectivity index (χ1) is 9.63. The summed E-state index contributed by atoms with van der Waals surface area (Å²) in [4.78, 5) is 4.40. The number of rotatable bonds is 3. The molecular weight excluding hydrogens is 295 g/mol. The molecule has 2 aromatic heterocycles. The maximum atomic E-state index is 6.16. The van der Waals surface area contributed by atoms with Gasteiger partial charge >= 0.3 is 0 Å². The van der Waals surface area contributed by atoms with Crippen LogP contribution in [-0.4, -0.2) is 14.6 Å². The van der Waals surface area contributed by atoms with E-state index in [4.69, 9.17) is 23.2 Å². The third-order valence-corrected chi connectivity index (χ3v) is 3.55. The van der Waals surface area contributed by atoms with Gasteiger partial charge in [0.05, 0.1) is 6.20 Å². The average Bonchev–Trinajstić information content (AvgIpc) is 2.85. The third-order valence-electron chi connectivity index (χ3n) is 2.96. The Kier molecular flexibility index (Phi) is 3.51. The predicted octanol–water partition coefficient (Wildman–Crippen LogP) is 3.96. The predicted molar refractivity (Wildman–Crippen MR) is 81.5 cm³/mol. The average molecular weight is 307 g/mol. The molecule has 2 heterocycles. The van der Waals surface area contributed by atoms with Gasteiger partial charge in [0.1, 0.15) is 5.82 Å². The molecule has 0 aliphatic rings. The lowest BCUT2D eigenvalue weighted by atomic mass is 10.2. The van der Waals surface area contributed by atoms with Gasteiger partial charge in [0.15, 0.2) is 5.65 Å². The van der Waals surface area contributed by atoms with Crippen LogP contribution in [0.3, 0.4) is 0 Å². The summed E-state index contributed by atoms with van der Waals surface area (Å²) in [5.41, 5.74) is 2.73. The number of nitrogens with zero attached hydrogens (tertiary/aromatic N) is 3. The molecule has 0 unspecified atom stereocenters. The number of halogens is 2. The fourth-order valence-electron chi connectivity index (χ4n) is 2.02. The minimum Gasteiger partial charge on any atom is -0.366 e. The van der Waals surface area contributed by atoms with Crippen LogP contribution in [0.1, 0.15) is 11.3 Å². The van der Waals surface area contributed by atoms with Crippen LogP contribution in [0.5, 0.6) is 0 Å². The zero-order valence-corrected chi connectivity index (χ0v) is 12.3. The normalized spacial score (nSPS) is 10.9. The smallest absolute Gasteiger partial charge is 0.157 e. The Morgan fingerprint density at radius 3 is 2.85 bits per heavy atom. The zero-order chi connectivity index (χ0) is 14.1. The summed E-state index contributed by atoms with van der Waals surface area (Å²) in [6, 6.07) is 9.29. The number of hydrogen-bond acceptors (Lipinski definition) is 3. The molecule has 0 radical (unpaired) electrons. The van der Waals surface area contributed by atoms with Crippen molar-refractivity contribution >= 4 is 34.7 Å². The van der Waals surface area contributed by atoms with Crippen molar-refractivity contribution in [3.63, 3.8) is 0 Å². The fraction of sp³-hybridized carbons (Fsp3) is 0.143. The molecule has 0 saturated heterocycles. The van der Waals surface area contributed by atoms with Gasteiger partial charge in [-0.2, -0.15) is 9.61 Å². The van der Waals surface area contributed by atoms with Crippen molar-refractivity contribution in [2.45, 2.75) is 13.5 Å². The topological polar surface area (TPSA) is 42.2 Å². The van der Waals surface area contributed by atoms with E-state index in [2.05, 4.69) is 15.4 Å². The summed E-state index contributed by atoms with van der Waals surface area (Å²) in [5, 5.41) is 8.85. The number of benzene rings is 1. The molecule has 0 aliphatic carbocycles. The fourth-order valence-corrected chi connectivity index (χ4v) is 2.49. The Bertz CT molecular complexity index is 767. The molecule has 20 heavy (non-hydrogen) atoms. The van der Waals surface area contributed by atoms with E-state index in [9.17, 15) is 0 Å². The van der Waals surface area contributed by atoms with E-state index < -0.39 is 0 Å². The first-order valence-electron chi connectivity index (χ1n) is 6.13. The minimum atomic E-state index is 0.592. The molecule has 4 nitrogen and oxygen atoms in total. The summed E-state index contributed by atoms with van der Waals surface area (Å²) < 4.78 is 1.76. The highest BCUT2D eigenvalue weighted by Crippen LogP contribution is 2.22. The zero-order valence-electron chi connectivity index (χ0n) is 10.8.